The maximum absolute atomic E-state index is 14.2. The molecule has 0 N–H and O–H groups in total. The van der Waals surface area contributed by atoms with Gasteiger partial charge in [-0.25, -0.2) is 4.39 Å². The molecule has 0 amide bonds. The number of hydrogen-bond donors (Lipinski definition) is 0. The Hall–Kier alpha value is -1.39. The fraction of sp³-hybridized carbons (Fsp3) is 0.556. The zero-order chi connectivity index (χ0) is 16.8. The first-order valence-electron chi connectivity index (χ1n) is 8.05. The highest BCUT2D eigenvalue weighted by atomic mass is 19.3. The Bertz CT molecular complexity index is 625. The first-order valence-corrected chi connectivity index (χ1v) is 8.05. The lowest BCUT2D eigenvalue weighted by Gasteiger charge is -2.32. The standard InChI is InChI=1S/C18H19F5/c1-2-11-3-5-12(6-4-11)14-9-13-7-8-17(20,21)18(22,23)16(13)15(19)10-14/h7-12H,2-6H2,1H3. The molecule has 1 saturated carbocycles. The summed E-state index contributed by atoms with van der Waals surface area (Å²) in [5, 5.41) is 0. The van der Waals surface area contributed by atoms with Crippen molar-refractivity contribution in [3.05, 3.63) is 40.7 Å². The van der Waals surface area contributed by atoms with Gasteiger partial charge in [0, 0.05) is 0 Å². The molecule has 5 heteroatoms. The van der Waals surface area contributed by atoms with Crippen molar-refractivity contribution in [2.75, 3.05) is 0 Å². The Kier molecular flexibility index (Phi) is 4.01. The van der Waals surface area contributed by atoms with Crippen LogP contribution in [0, 0.1) is 11.7 Å². The van der Waals surface area contributed by atoms with Gasteiger partial charge in [-0.3, -0.25) is 0 Å². The van der Waals surface area contributed by atoms with E-state index in [1.165, 1.54) is 6.07 Å². The molecular formula is C18H19F5. The lowest BCUT2D eigenvalue weighted by molar-refractivity contribution is -0.189. The van der Waals surface area contributed by atoms with Crippen LogP contribution in [-0.4, -0.2) is 5.92 Å². The number of halogens is 5. The molecule has 126 valence electrons. The molecule has 1 aromatic rings. The van der Waals surface area contributed by atoms with Gasteiger partial charge in [0.2, 0.25) is 0 Å². The number of rotatable bonds is 2. The van der Waals surface area contributed by atoms with Gasteiger partial charge >= 0.3 is 11.8 Å². The van der Waals surface area contributed by atoms with Gasteiger partial charge in [0.05, 0.1) is 5.56 Å². The molecule has 0 heterocycles. The lowest BCUT2D eigenvalue weighted by Crippen LogP contribution is -2.39. The molecule has 23 heavy (non-hydrogen) atoms. The summed E-state index contributed by atoms with van der Waals surface area (Å²) in [7, 11) is 0. The third-order valence-corrected chi connectivity index (χ3v) is 5.24. The normalized spacial score (nSPS) is 28.4. The minimum Gasteiger partial charge on any atom is -0.206 e. The molecule has 0 nitrogen and oxygen atoms in total. The first-order chi connectivity index (χ1) is 10.8. The van der Waals surface area contributed by atoms with Gasteiger partial charge in [-0.2, -0.15) is 17.6 Å². The summed E-state index contributed by atoms with van der Waals surface area (Å²) in [6.45, 7) is 2.14. The van der Waals surface area contributed by atoms with Gasteiger partial charge in [-0.15, -0.1) is 0 Å². The Labute approximate surface area is 132 Å². The van der Waals surface area contributed by atoms with E-state index in [-0.39, 0.29) is 17.6 Å². The largest absolute Gasteiger partial charge is 0.342 e. The number of hydrogen-bond acceptors (Lipinski definition) is 0. The van der Waals surface area contributed by atoms with Gasteiger partial charge in [0.1, 0.15) is 5.82 Å². The second kappa shape index (κ2) is 5.60. The van der Waals surface area contributed by atoms with Gasteiger partial charge in [0.15, 0.2) is 0 Å². The van der Waals surface area contributed by atoms with Crippen molar-refractivity contribution in [3.63, 3.8) is 0 Å². The van der Waals surface area contributed by atoms with Crippen LogP contribution in [0.25, 0.3) is 6.08 Å². The molecule has 0 saturated heterocycles. The Morgan fingerprint density at radius 1 is 1.04 bits per heavy atom. The van der Waals surface area contributed by atoms with Crippen molar-refractivity contribution >= 4 is 6.08 Å². The van der Waals surface area contributed by atoms with E-state index >= 15 is 0 Å². The van der Waals surface area contributed by atoms with Crippen LogP contribution in [0.5, 0.6) is 0 Å². The fourth-order valence-corrected chi connectivity index (χ4v) is 3.72. The topological polar surface area (TPSA) is 0 Å². The van der Waals surface area contributed by atoms with E-state index in [9.17, 15) is 22.0 Å². The molecule has 0 radical (unpaired) electrons. The van der Waals surface area contributed by atoms with Crippen molar-refractivity contribution in [1.29, 1.82) is 0 Å². The highest BCUT2D eigenvalue weighted by Gasteiger charge is 2.59. The molecule has 0 bridgehead atoms. The second-order valence-corrected chi connectivity index (χ2v) is 6.62. The Morgan fingerprint density at radius 2 is 1.70 bits per heavy atom. The van der Waals surface area contributed by atoms with Crippen LogP contribution < -0.4 is 0 Å². The van der Waals surface area contributed by atoms with Crippen LogP contribution >= 0.6 is 0 Å². The average Bonchev–Trinajstić information content (AvgIpc) is 2.51. The van der Waals surface area contributed by atoms with Gasteiger partial charge in [0.25, 0.3) is 0 Å². The summed E-state index contributed by atoms with van der Waals surface area (Å²) < 4.78 is 68.7. The monoisotopic (exact) mass is 330 g/mol. The van der Waals surface area contributed by atoms with Crippen molar-refractivity contribution < 1.29 is 22.0 Å². The smallest absolute Gasteiger partial charge is 0.206 e. The van der Waals surface area contributed by atoms with E-state index < -0.39 is 23.2 Å². The Morgan fingerprint density at radius 3 is 2.30 bits per heavy atom. The summed E-state index contributed by atoms with van der Waals surface area (Å²) in [6.07, 6.45) is 6.02. The molecule has 0 spiro atoms. The maximum atomic E-state index is 14.2. The van der Waals surface area contributed by atoms with E-state index in [2.05, 4.69) is 6.92 Å². The third kappa shape index (κ3) is 2.68. The van der Waals surface area contributed by atoms with Crippen molar-refractivity contribution in [2.24, 2.45) is 5.92 Å². The molecule has 0 atom stereocenters. The molecular weight excluding hydrogens is 311 g/mol. The number of alkyl halides is 4. The average molecular weight is 330 g/mol. The van der Waals surface area contributed by atoms with E-state index in [1.807, 2.05) is 0 Å². The molecule has 0 aromatic heterocycles. The summed E-state index contributed by atoms with van der Waals surface area (Å²) in [5.41, 5.74) is -0.675. The zero-order valence-corrected chi connectivity index (χ0v) is 12.9. The van der Waals surface area contributed by atoms with E-state index in [4.69, 9.17) is 0 Å². The first kappa shape index (κ1) is 16.5. The molecule has 1 fully saturated rings. The zero-order valence-electron chi connectivity index (χ0n) is 12.9. The summed E-state index contributed by atoms with van der Waals surface area (Å²) in [5.74, 6) is -9.33. The molecule has 2 aliphatic carbocycles. The summed E-state index contributed by atoms with van der Waals surface area (Å²) in [6, 6.07) is 2.48. The Balaban J connectivity index is 1.95. The minimum absolute atomic E-state index is 0.113. The fourth-order valence-electron chi connectivity index (χ4n) is 3.72. The van der Waals surface area contributed by atoms with Crippen LogP contribution in [0.4, 0.5) is 22.0 Å². The van der Waals surface area contributed by atoms with Crippen LogP contribution in [0.1, 0.15) is 61.6 Å². The summed E-state index contributed by atoms with van der Waals surface area (Å²) in [4.78, 5) is 0. The molecule has 2 aliphatic rings. The van der Waals surface area contributed by atoms with E-state index in [1.54, 1.807) is 0 Å². The molecule has 1 aromatic carbocycles. The van der Waals surface area contributed by atoms with Gasteiger partial charge in [-0.1, -0.05) is 25.5 Å². The van der Waals surface area contributed by atoms with Crippen molar-refractivity contribution in [1.82, 2.24) is 0 Å². The molecule has 0 unspecified atom stereocenters. The lowest BCUT2D eigenvalue weighted by atomic mass is 9.76. The minimum atomic E-state index is -4.51. The highest BCUT2D eigenvalue weighted by molar-refractivity contribution is 5.62. The van der Waals surface area contributed by atoms with Gasteiger partial charge in [-0.05, 0) is 60.8 Å². The SMILES string of the molecule is CCC1CCC(c2cc(F)c3c(c2)C=CC(F)(F)C3(F)F)CC1. The number of fused-ring (bicyclic) bond motifs is 1. The third-order valence-electron chi connectivity index (χ3n) is 5.24. The van der Waals surface area contributed by atoms with Crippen LogP contribution in [0.3, 0.4) is 0 Å². The molecule has 3 rings (SSSR count). The van der Waals surface area contributed by atoms with Gasteiger partial charge < -0.3 is 0 Å². The van der Waals surface area contributed by atoms with Crippen molar-refractivity contribution in [3.8, 4) is 0 Å². The van der Waals surface area contributed by atoms with Crippen LogP contribution in [-0.2, 0) is 5.92 Å². The predicted octanol–water partition coefficient (Wildman–Crippen LogP) is 6.26. The highest BCUT2D eigenvalue weighted by Crippen LogP contribution is 2.50. The number of allylic oxidation sites excluding steroid dienone is 1. The quantitative estimate of drug-likeness (QED) is 0.561. The van der Waals surface area contributed by atoms with Crippen LogP contribution in [0.15, 0.2) is 18.2 Å². The number of benzene rings is 1. The predicted molar refractivity (Wildman–Crippen MR) is 79.3 cm³/mol. The van der Waals surface area contributed by atoms with Crippen LogP contribution in [0.2, 0.25) is 0 Å². The maximum Gasteiger partial charge on any atom is 0.342 e. The molecule has 0 aliphatic heterocycles. The van der Waals surface area contributed by atoms with Crippen molar-refractivity contribution in [2.45, 2.75) is 56.8 Å². The van der Waals surface area contributed by atoms with E-state index in [0.717, 1.165) is 44.2 Å². The van der Waals surface area contributed by atoms with E-state index in [0.29, 0.717) is 11.5 Å². The summed E-state index contributed by atoms with van der Waals surface area (Å²) >= 11 is 0. The second-order valence-electron chi connectivity index (χ2n) is 6.62.